The number of nitrogens with zero attached hydrogens (tertiary/aromatic N) is 1. The van der Waals surface area contributed by atoms with Gasteiger partial charge >= 0.3 is 0 Å². The van der Waals surface area contributed by atoms with Crippen molar-refractivity contribution >= 4 is 45.1 Å². The van der Waals surface area contributed by atoms with E-state index in [0.717, 1.165) is 15.9 Å². The van der Waals surface area contributed by atoms with Gasteiger partial charge in [0.1, 0.15) is 5.82 Å². The molecule has 3 rings (SSSR count). The van der Waals surface area contributed by atoms with Crippen LogP contribution < -0.4 is 0 Å². The van der Waals surface area contributed by atoms with Crippen molar-refractivity contribution in [1.29, 1.82) is 0 Å². The number of aromatic nitrogens is 2. The van der Waals surface area contributed by atoms with Gasteiger partial charge in [0.15, 0.2) is 11.1 Å². The van der Waals surface area contributed by atoms with Crippen molar-refractivity contribution in [3.8, 4) is 10.7 Å². The molecule has 4 nitrogen and oxygen atoms in total. The predicted octanol–water partition coefficient (Wildman–Crippen LogP) is 3.53. The van der Waals surface area contributed by atoms with Crippen LogP contribution in [0.2, 0.25) is 4.34 Å². The Bertz CT molecular complexity index is 750. The van der Waals surface area contributed by atoms with E-state index in [1.54, 1.807) is 18.2 Å². The molecule has 0 aliphatic rings. The molecule has 0 saturated heterocycles. The van der Waals surface area contributed by atoms with Crippen LogP contribution in [0.3, 0.4) is 0 Å². The second-order valence-electron chi connectivity index (χ2n) is 3.62. The van der Waals surface area contributed by atoms with Gasteiger partial charge < -0.3 is 9.54 Å². The van der Waals surface area contributed by atoms with E-state index in [9.17, 15) is 4.21 Å². The van der Waals surface area contributed by atoms with Gasteiger partial charge in [0.2, 0.25) is 0 Å². The first-order valence-corrected chi connectivity index (χ1v) is 7.30. The number of imidazole rings is 1. The average Bonchev–Trinajstić information content (AvgIpc) is 2.93. The highest BCUT2D eigenvalue weighted by Crippen LogP contribution is 2.30. The van der Waals surface area contributed by atoms with Gasteiger partial charge in [-0.05, 0) is 30.3 Å². The van der Waals surface area contributed by atoms with Crippen molar-refractivity contribution in [2.24, 2.45) is 0 Å². The summed E-state index contributed by atoms with van der Waals surface area (Å²) >= 11 is 5.33. The zero-order valence-electron chi connectivity index (χ0n) is 8.88. The largest absolute Gasteiger partial charge is 0.337 e. The van der Waals surface area contributed by atoms with Gasteiger partial charge in [-0.25, -0.2) is 9.19 Å². The van der Waals surface area contributed by atoms with Crippen LogP contribution in [-0.2, 0) is 11.1 Å². The summed E-state index contributed by atoms with van der Waals surface area (Å²) in [7, 11) is 0. The topological polar surface area (TPSA) is 66.0 Å². The first-order chi connectivity index (χ1) is 8.63. The molecule has 1 unspecified atom stereocenters. The average molecular weight is 299 g/mol. The minimum absolute atomic E-state index is 0.349. The third-order valence-corrected chi connectivity index (χ3v) is 4.36. The highest BCUT2D eigenvalue weighted by Gasteiger charge is 2.09. The minimum atomic E-state index is -1.98. The van der Waals surface area contributed by atoms with E-state index in [1.165, 1.54) is 11.3 Å². The molecular formula is C11H7ClN2O2S2. The number of nitrogens with one attached hydrogen (secondary N) is 1. The molecule has 2 heterocycles. The van der Waals surface area contributed by atoms with Gasteiger partial charge in [-0.1, -0.05) is 11.6 Å². The Morgan fingerprint density at radius 3 is 2.83 bits per heavy atom. The number of H-pyrrole nitrogens is 1. The van der Waals surface area contributed by atoms with E-state index < -0.39 is 11.1 Å². The van der Waals surface area contributed by atoms with E-state index >= 15 is 0 Å². The Morgan fingerprint density at radius 1 is 1.33 bits per heavy atom. The summed E-state index contributed by atoms with van der Waals surface area (Å²) in [6.45, 7) is 0. The number of thiophene rings is 1. The molecule has 0 aliphatic heterocycles. The van der Waals surface area contributed by atoms with Crippen LogP contribution in [0, 0.1) is 0 Å². The van der Waals surface area contributed by atoms with Crippen molar-refractivity contribution in [3.63, 3.8) is 0 Å². The van der Waals surface area contributed by atoms with Crippen LogP contribution in [0.1, 0.15) is 0 Å². The standard InChI is InChI=1S/C11H7ClN2O2S2/c12-10-4-3-9(17-10)11-13-7-2-1-6(18(15)16)5-8(7)14-11/h1-5H,(H,13,14)(H,15,16). The quantitative estimate of drug-likeness (QED) is 0.711. The van der Waals surface area contributed by atoms with Gasteiger partial charge in [-0.2, -0.15) is 0 Å². The maximum atomic E-state index is 11.0. The van der Waals surface area contributed by atoms with E-state index in [0.29, 0.717) is 15.1 Å². The number of aromatic amines is 1. The van der Waals surface area contributed by atoms with Crippen molar-refractivity contribution in [1.82, 2.24) is 9.97 Å². The number of hydrogen-bond donors (Lipinski definition) is 2. The highest BCUT2D eigenvalue weighted by molar-refractivity contribution is 7.79. The molecule has 0 spiro atoms. The first kappa shape index (κ1) is 11.9. The predicted molar refractivity (Wildman–Crippen MR) is 73.5 cm³/mol. The van der Waals surface area contributed by atoms with Crippen molar-refractivity contribution in [3.05, 3.63) is 34.7 Å². The van der Waals surface area contributed by atoms with E-state index in [4.69, 9.17) is 16.2 Å². The second-order valence-corrected chi connectivity index (χ2v) is 6.30. The fourth-order valence-corrected chi connectivity index (χ4v) is 3.05. The summed E-state index contributed by atoms with van der Waals surface area (Å²) < 4.78 is 20.7. The normalized spacial score (nSPS) is 13.0. The number of halogens is 1. The van der Waals surface area contributed by atoms with Crippen LogP contribution in [0.4, 0.5) is 0 Å². The Morgan fingerprint density at radius 2 is 2.17 bits per heavy atom. The lowest BCUT2D eigenvalue weighted by Crippen LogP contribution is -1.86. The molecule has 0 fully saturated rings. The van der Waals surface area contributed by atoms with E-state index in [1.807, 2.05) is 12.1 Å². The Hall–Kier alpha value is -1.21. The molecule has 7 heteroatoms. The van der Waals surface area contributed by atoms with Crippen LogP contribution in [0.15, 0.2) is 35.2 Å². The third-order valence-electron chi connectivity index (χ3n) is 2.46. The number of rotatable bonds is 2. The fraction of sp³-hybridized carbons (Fsp3) is 0. The third kappa shape index (κ3) is 2.08. The monoisotopic (exact) mass is 298 g/mol. The number of hydrogen-bond acceptors (Lipinski definition) is 3. The number of benzene rings is 1. The molecular weight excluding hydrogens is 292 g/mol. The molecule has 2 N–H and O–H groups in total. The lowest BCUT2D eigenvalue weighted by molar-refractivity contribution is 0.564. The van der Waals surface area contributed by atoms with Gasteiger partial charge in [0.25, 0.3) is 0 Å². The summed E-state index contributed by atoms with van der Waals surface area (Å²) in [4.78, 5) is 8.81. The Kier molecular flexibility index (Phi) is 2.95. The molecule has 0 bridgehead atoms. The summed E-state index contributed by atoms with van der Waals surface area (Å²) in [6.07, 6.45) is 0. The van der Waals surface area contributed by atoms with Crippen molar-refractivity contribution < 1.29 is 8.76 Å². The lowest BCUT2D eigenvalue weighted by atomic mass is 10.3. The molecule has 1 atom stereocenters. The smallest absolute Gasteiger partial charge is 0.186 e. The van der Waals surface area contributed by atoms with Gasteiger partial charge in [0.05, 0.1) is 25.1 Å². The lowest BCUT2D eigenvalue weighted by Gasteiger charge is -1.93. The molecule has 0 radical (unpaired) electrons. The first-order valence-electron chi connectivity index (χ1n) is 5.00. The fourth-order valence-electron chi connectivity index (χ4n) is 1.66. The molecule has 18 heavy (non-hydrogen) atoms. The minimum Gasteiger partial charge on any atom is -0.337 e. The van der Waals surface area contributed by atoms with Crippen molar-refractivity contribution in [2.45, 2.75) is 4.90 Å². The molecule has 2 aromatic heterocycles. The summed E-state index contributed by atoms with van der Waals surface area (Å²) in [5.41, 5.74) is 1.48. The summed E-state index contributed by atoms with van der Waals surface area (Å²) in [6, 6.07) is 8.62. The summed E-state index contributed by atoms with van der Waals surface area (Å²) in [5, 5.41) is 0. The zero-order chi connectivity index (χ0) is 12.7. The summed E-state index contributed by atoms with van der Waals surface area (Å²) in [5.74, 6) is 0.711. The van der Waals surface area contributed by atoms with Crippen LogP contribution >= 0.6 is 22.9 Å². The molecule has 1 aromatic carbocycles. The highest BCUT2D eigenvalue weighted by atomic mass is 35.5. The second kappa shape index (κ2) is 4.47. The Balaban J connectivity index is 2.13. The van der Waals surface area contributed by atoms with Crippen LogP contribution in [0.25, 0.3) is 21.7 Å². The van der Waals surface area contributed by atoms with Gasteiger partial charge in [-0.15, -0.1) is 11.3 Å². The maximum Gasteiger partial charge on any atom is 0.186 e. The van der Waals surface area contributed by atoms with Crippen LogP contribution in [-0.4, -0.2) is 18.7 Å². The molecule has 0 saturated carbocycles. The zero-order valence-corrected chi connectivity index (χ0v) is 11.3. The van der Waals surface area contributed by atoms with Gasteiger partial charge in [0, 0.05) is 0 Å². The molecule has 92 valence electrons. The molecule has 3 aromatic rings. The maximum absolute atomic E-state index is 11.0. The molecule has 0 aliphatic carbocycles. The SMILES string of the molecule is O=S(O)c1ccc2nc(-c3ccc(Cl)s3)[nH]c2c1. The molecule has 0 amide bonds. The van der Waals surface area contributed by atoms with Crippen molar-refractivity contribution in [2.75, 3.05) is 0 Å². The Labute approximate surface area is 114 Å². The van der Waals surface area contributed by atoms with E-state index in [2.05, 4.69) is 9.97 Å². The van der Waals surface area contributed by atoms with Crippen LogP contribution in [0.5, 0.6) is 0 Å². The number of fused-ring (bicyclic) bond motifs is 1. The van der Waals surface area contributed by atoms with Gasteiger partial charge in [-0.3, -0.25) is 0 Å². The van der Waals surface area contributed by atoms with E-state index in [-0.39, 0.29) is 0 Å².